The fraction of sp³-hybridized carbons (Fsp3) is 0.200. The lowest BCUT2D eigenvalue weighted by atomic mass is 10.3. The molecule has 0 amide bonds. The number of nitrogens with zero attached hydrogens (tertiary/aromatic N) is 1. The Morgan fingerprint density at radius 2 is 2.36 bits per heavy atom. The van der Waals surface area contributed by atoms with E-state index in [9.17, 15) is 4.79 Å². The standard InChI is InChI=1S/C5H7N5O/c6-5-8-3-2(1-7-10-3)4(11)9-5/h7H,1H2,(H4,6,8,9,10,11). The second-order valence-corrected chi connectivity index (χ2v) is 2.26. The Bertz CT molecular complexity index is 343. The van der Waals surface area contributed by atoms with E-state index < -0.39 is 0 Å². The fourth-order valence-electron chi connectivity index (χ4n) is 0.999. The molecule has 0 fully saturated rings. The number of rotatable bonds is 0. The van der Waals surface area contributed by atoms with Gasteiger partial charge in [0.25, 0.3) is 5.56 Å². The quantitative estimate of drug-likeness (QED) is 0.375. The van der Waals surface area contributed by atoms with Crippen molar-refractivity contribution in [3.05, 3.63) is 15.9 Å². The van der Waals surface area contributed by atoms with Crippen molar-refractivity contribution in [1.29, 1.82) is 0 Å². The van der Waals surface area contributed by atoms with E-state index in [0.29, 0.717) is 17.9 Å². The van der Waals surface area contributed by atoms with Gasteiger partial charge in [0.2, 0.25) is 5.95 Å². The molecule has 1 aliphatic heterocycles. The van der Waals surface area contributed by atoms with Crippen molar-refractivity contribution in [2.75, 3.05) is 11.2 Å². The van der Waals surface area contributed by atoms with E-state index >= 15 is 0 Å². The van der Waals surface area contributed by atoms with Crippen molar-refractivity contribution in [2.24, 2.45) is 0 Å². The van der Waals surface area contributed by atoms with Gasteiger partial charge in [0.1, 0.15) is 0 Å². The van der Waals surface area contributed by atoms with Gasteiger partial charge in [0.05, 0.1) is 5.56 Å². The lowest BCUT2D eigenvalue weighted by molar-refractivity contribution is 0.852. The van der Waals surface area contributed by atoms with Crippen LogP contribution in [0.25, 0.3) is 0 Å². The number of fused-ring (bicyclic) bond motifs is 1. The molecule has 0 aliphatic carbocycles. The highest BCUT2D eigenvalue weighted by Crippen LogP contribution is 2.11. The third-order valence-corrected chi connectivity index (χ3v) is 1.51. The number of hydrogen-bond acceptors (Lipinski definition) is 5. The van der Waals surface area contributed by atoms with Gasteiger partial charge in [-0.3, -0.25) is 9.78 Å². The Morgan fingerprint density at radius 3 is 3.18 bits per heavy atom. The molecule has 6 heteroatoms. The number of hydrazine groups is 1. The van der Waals surface area contributed by atoms with E-state index in [0.717, 1.165) is 0 Å². The molecule has 2 heterocycles. The monoisotopic (exact) mass is 153 g/mol. The Balaban J connectivity index is 2.70. The van der Waals surface area contributed by atoms with Crippen LogP contribution in [0.1, 0.15) is 5.56 Å². The molecule has 6 nitrogen and oxygen atoms in total. The van der Waals surface area contributed by atoms with Gasteiger partial charge in [-0.25, -0.2) is 5.43 Å². The summed E-state index contributed by atoms with van der Waals surface area (Å²) in [6.07, 6.45) is 0. The number of nitrogens with two attached hydrogens (primary N) is 1. The van der Waals surface area contributed by atoms with Gasteiger partial charge < -0.3 is 11.2 Å². The van der Waals surface area contributed by atoms with Crippen molar-refractivity contribution < 1.29 is 0 Å². The highest BCUT2D eigenvalue weighted by Gasteiger charge is 2.14. The molecule has 0 saturated carbocycles. The minimum absolute atomic E-state index is 0.130. The molecule has 0 spiro atoms. The van der Waals surface area contributed by atoms with Crippen LogP contribution in [0.5, 0.6) is 0 Å². The molecule has 1 aliphatic rings. The van der Waals surface area contributed by atoms with Crippen LogP contribution < -0.4 is 22.1 Å². The molecule has 0 unspecified atom stereocenters. The second-order valence-electron chi connectivity index (χ2n) is 2.26. The number of aromatic nitrogens is 2. The number of hydrogen-bond donors (Lipinski definition) is 4. The van der Waals surface area contributed by atoms with Crippen molar-refractivity contribution in [2.45, 2.75) is 6.54 Å². The van der Waals surface area contributed by atoms with Crippen LogP contribution in [0.15, 0.2) is 4.79 Å². The van der Waals surface area contributed by atoms with Crippen molar-refractivity contribution in [3.63, 3.8) is 0 Å². The number of anilines is 2. The Hall–Kier alpha value is -1.56. The fourth-order valence-corrected chi connectivity index (χ4v) is 0.999. The van der Waals surface area contributed by atoms with Crippen LogP contribution in [0.3, 0.4) is 0 Å². The van der Waals surface area contributed by atoms with Gasteiger partial charge in [-0.1, -0.05) is 0 Å². The molecule has 1 aromatic rings. The zero-order chi connectivity index (χ0) is 7.84. The molecule has 0 atom stereocenters. The molecule has 0 radical (unpaired) electrons. The summed E-state index contributed by atoms with van der Waals surface area (Å²) in [5.74, 6) is 0.649. The van der Waals surface area contributed by atoms with Gasteiger partial charge in [0.15, 0.2) is 5.82 Å². The second kappa shape index (κ2) is 1.96. The summed E-state index contributed by atoms with van der Waals surface area (Å²) < 4.78 is 0. The number of nitrogen functional groups attached to an aromatic ring is 1. The molecule has 2 rings (SSSR count). The Kier molecular flexibility index (Phi) is 1.10. The Labute approximate surface area is 61.8 Å². The smallest absolute Gasteiger partial charge is 0.259 e. The third-order valence-electron chi connectivity index (χ3n) is 1.51. The maximum absolute atomic E-state index is 11.1. The number of aromatic amines is 1. The first-order valence-corrected chi connectivity index (χ1v) is 3.15. The minimum Gasteiger partial charge on any atom is -0.369 e. The average Bonchev–Trinajstić information content (AvgIpc) is 2.34. The summed E-state index contributed by atoms with van der Waals surface area (Å²) in [5, 5.41) is 0. The zero-order valence-electron chi connectivity index (χ0n) is 5.64. The van der Waals surface area contributed by atoms with Crippen LogP contribution in [-0.2, 0) is 6.54 Å². The number of H-pyrrole nitrogens is 1. The highest BCUT2D eigenvalue weighted by molar-refractivity contribution is 5.48. The van der Waals surface area contributed by atoms with Crippen LogP contribution in [-0.4, -0.2) is 9.97 Å². The highest BCUT2D eigenvalue weighted by atomic mass is 16.1. The summed E-state index contributed by atoms with van der Waals surface area (Å²) >= 11 is 0. The van der Waals surface area contributed by atoms with Crippen LogP contribution in [0.4, 0.5) is 11.8 Å². The van der Waals surface area contributed by atoms with E-state index in [1.807, 2.05) is 0 Å². The topological polar surface area (TPSA) is 95.8 Å². The first-order valence-electron chi connectivity index (χ1n) is 3.15. The molecule has 0 bridgehead atoms. The maximum atomic E-state index is 11.1. The predicted molar refractivity (Wildman–Crippen MR) is 39.7 cm³/mol. The molecule has 58 valence electrons. The van der Waals surface area contributed by atoms with Crippen molar-refractivity contribution in [3.8, 4) is 0 Å². The van der Waals surface area contributed by atoms with Gasteiger partial charge in [-0.15, -0.1) is 0 Å². The van der Waals surface area contributed by atoms with Crippen LogP contribution in [0.2, 0.25) is 0 Å². The molecular weight excluding hydrogens is 146 g/mol. The van der Waals surface area contributed by atoms with E-state index in [-0.39, 0.29) is 11.5 Å². The molecule has 0 saturated heterocycles. The van der Waals surface area contributed by atoms with Gasteiger partial charge in [0, 0.05) is 6.54 Å². The van der Waals surface area contributed by atoms with E-state index in [1.165, 1.54) is 0 Å². The first-order chi connectivity index (χ1) is 5.27. The van der Waals surface area contributed by atoms with E-state index in [1.54, 1.807) is 0 Å². The van der Waals surface area contributed by atoms with Gasteiger partial charge >= 0.3 is 0 Å². The SMILES string of the molecule is Nc1nc2c(c(=O)[nH]1)CNN2. The van der Waals surface area contributed by atoms with Crippen LogP contribution in [0, 0.1) is 0 Å². The molecule has 5 N–H and O–H groups in total. The van der Waals surface area contributed by atoms with Gasteiger partial charge in [-0.2, -0.15) is 4.98 Å². The van der Waals surface area contributed by atoms with Gasteiger partial charge in [-0.05, 0) is 0 Å². The van der Waals surface area contributed by atoms with Crippen LogP contribution >= 0.6 is 0 Å². The summed E-state index contributed by atoms with van der Waals surface area (Å²) in [6.45, 7) is 0.484. The molecule has 0 aromatic carbocycles. The molecular formula is C5H7N5O. The summed E-state index contributed by atoms with van der Waals surface area (Å²) in [7, 11) is 0. The zero-order valence-corrected chi connectivity index (χ0v) is 5.64. The first kappa shape index (κ1) is 6.17. The summed E-state index contributed by atoms with van der Waals surface area (Å²) in [6, 6.07) is 0. The Morgan fingerprint density at radius 1 is 1.55 bits per heavy atom. The summed E-state index contributed by atoms with van der Waals surface area (Å²) in [4.78, 5) is 17.3. The maximum Gasteiger partial charge on any atom is 0.259 e. The molecule has 1 aromatic heterocycles. The average molecular weight is 153 g/mol. The minimum atomic E-state index is -0.190. The van der Waals surface area contributed by atoms with Crippen molar-refractivity contribution in [1.82, 2.24) is 15.4 Å². The lowest BCUT2D eigenvalue weighted by Gasteiger charge is -1.96. The lowest BCUT2D eigenvalue weighted by Crippen LogP contribution is -2.15. The van der Waals surface area contributed by atoms with E-state index in [2.05, 4.69) is 20.8 Å². The van der Waals surface area contributed by atoms with Crippen molar-refractivity contribution >= 4 is 11.8 Å². The largest absolute Gasteiger partial charge is 0.369 e. The normalized spacial score (nSPS) is 14.2. The predicted octanol–water partition coefficient (Wildman–Crippen LogP) is -1.22. The summed E-state index contributed by atoms with van der Waals surface area (Å²) in [5.41, 5.74) is 11.2. The molecule has 11 heavy (non-hydrogen) atoms. The van der Waals surface area contributed by atoms with E-state index in [4.69, 9.17) is 5.73 Å². The third kappa shape index (κ3) is 0.838. The number of nitrogens with one attached hydrogen (secondary N) is 3.